The number of hydrogen-bond donors (Lipinski definition) is 0. The minimum atomic E-state index is 0.622. The third-order valence-electron chi connectivity index (χ3n) is 11.2. The normalized spacial score (nSPS) is 11.3. The predicted molar refractivity (Wildman–Crippen MR) is 250 cm³/mol. The van der Waals surface area contributed by atoms with Gasteiger partial charge in [-0.25, -0.2) is 19.9 Å². The first-order valence-corrected chi connectivity index (χ1v) is 20.5. The van der Waals surface area contributed by atoms with Crippen molar-refractivity contribution in [2.45, 2.75) is 0 Å². The Balaban J connectivity index is 1.04. The lowest BCUT2D eigenvalue weighted by Crippen LogP contribution is -2.00. The second-order valence-corrected chi connectivity index (χ2v) is 15.1. The molecule has 5 heteroatoms. The van der Waals surface area contributed by atoms with Gasteiger partial charge in [0.2, 0.25) is 0 Å². The first-order chi connectivity index (χ1) is 30.2. The summed E-state index contributed by atoms with van der Waals surface area (Å²) >= 11 is 0. The maximum atomic E-state index is 5.13. The Bertz CT molecular complexity index is 3280. The maximum absolute atomic E-state index is 5.13. The van der Waals surface area contributed by atoms with Gasteiger partial charge in [0.1, 0.15) is 5.82 Å². The van der Waals surface area contributed by atoms with Crippen LogP contribution in [0.2, 0.25) is 0 Å². The van der Waals surface area contributed by atoms with Crippen LogP contribution in [-0.4, -0.2) is 24.5 Å². The molecule has 0 aliphatic rings. The zero-order chi connectivity index (χ0) is 40.5. The summed E-state index contributed by atoms with van der Waals surface area (Å²) < 4.78 is 2.24. The molecule has 0 unspecified atom stereocenters. The van der Waals surface area contributed by atoms with Gasteiger partial charge in [0.05, 0.1) is 11.0 Å². The van der Waals surface area contributed by atoms with Crippen LogP contribution in [0.3, 0.4) is 0 Å². The van der Waals surface area contributed by atoms with Crippen molar-refractivity contribution in [3.63, 3.8) is 0 Å². The number of nitrogens with zero attached hydrogens (tertiary/aromatic N) is 5. The molecule has 0 fully saturated rings. The Morgan fingerprint density at radius 1 is 0.295 bits per heavy atom. The lowest BCUT2D eigenvalue weighted by molar-refractivity contribution is 1.07. The third kappa shape index (κ3) is 6.94. The molecule has 9 aromatic carbocycles. The molecule has 0 spiro atoms. The van der Waals surface area contributed by atoms with Crippen molar-refractivity contribution in [3.05, 3.63) is 224 Å². The van der Waals surface area contributed by atoms with Crippen molar-refractivity contribution in [3.8, 4) is 84.6 Å². The van der Waals surface area contributed by atoms with Crippen LogP contribution in [0.5, 0.6) is 0 Å². The third-order valence-corrected chi connectivity index (χ3v) is 11.2. The van der Waals surface area contributed by atoms with Crippen LogP contribution < -0.4 is 0 Å². The number of imidazole rings is 1. The smallest absolute Gasteiger partial charge is 0.164 e. The van der Waals surface area contributed by atoms with E-state index in [0.717, 1.165) is 72.6 Å². The van der Waals surface area contributed by atoms with Crippen molar-refractivity contribution in [2.75, 3.05) is 0 Å². The van der Waals surface area contributed by atoms with E-state index in [1.807, 2.05) is 72.8 Å². The molecule has 5 nitrogen and oxygen atoms in total. The molecule has 0 atom stereocenters. The van der Waals surface area contributed by atoms with Gasteiger partial charge in [0.25, 0.3) is 0 Å². The first-order valence-electron chi connectivity index (χ1n) is 20.5. The summed E-state index contributed by atoms with van der Waals surface area (Å²) in [5.74, 6) is 2.80. The van der Waals surface area contributed by atoms with Gasteiger partial charge in [-0.1, -0.05) is 176 Å². The van der Waals surface area contributed by atoms with Crippen LogP contribution in [0, 0.1) is 0 Å². The van der Waals surface area contributed by atoms with Crippen molar-refractivity contribution < 1.29 is 0 Å². The van der Waals surface area contributed by atoms with Gasteiger partial charge in [0.15, 0.2) is 17.5 Å². The van der Waals surface area contributed by atoms with E-state index in [1.54, 1.807) is 0 Å². The first kappa shape index (κ1) is 35.8. The number of hydrogen-bond acceptors (Lipinski definition) is 4. The molecule has 0 aliphatic heterocycles. The van der Waals surface area contributed by atoms with E-state index in [-0.39, 0.29) is 0 Å². The largest absolute Gasteiger partial charge is 0.292 e. The second-order valence-electron chi connectivity index (χ2n) is 15.1. The number of para-hydroxylation sites is 3. The van der Waals surface area contributed by atoms with Gasteiger partial charge in [-0.15, -0.1) is 0 Å². The van der Waals surface area contributed by atoms with E-state index in [2.05, 4.69) is 156 Å². The summed E-state index contributed by atoms with van der Waals surface area (Å²) in [7, 11) is 0. The minimum Gasteiger partial charge on any atom is -0.292 e. The van der Waals surface area contributed by atoms with Gasteiger partial charge in [-0.05, 0) is 92.7 Å². The predicted octanol–water partition coefficient (Wildman–Crippen LogP) is 14.0. The Labute approximate surface area is 354 Å². The van der Waals surface area contributed by atoms with Crippen molar-refractivity contribution in [1.82, 2.24) is 24.5 Å². The molecular formula is C56H37N5. The van der Waals surface area contributed by atoms with Crippen molar-refractivity contribution >= 4 is 21.8 Å². The molecular weight excluding hydrogens is 743 g/mol. The van der Waals surface area contributed by atoms with E-state index in [9.17, 15) is 0 Å². The Hall–Kier alpha value is -8.28. The minimum absolute atomic E-state index is 0.622. The zero-order valence-corrected chi connectivity index (χ0v) is 33.1. The molecule has 2 aromatic heterocycles. The molecule has 286 valence electrons. The van der Waals surface area contributed by atoms with Crippen LogP contribution in [0.1, 0.15) is 0 Å². The highest BCUT2D eigenvalue weighted by atomic mass is 15.1. The molecule has 11 rings (SSSR count). The van der Waals surface area contributed by atoms with E-state index < -0.39 is 0 Å². The summed E-state index contributed by atoms with van der Waals surface area (Å²) in [6, 6.07) is 78.4. The zero-order valence-electron chi connectivity index (χ0n) is 33.1. The highest BCUT2D eigenvalue weighted by molar-refractivity contribution is 5.98. The molecule has 0 radical (unpaired) electrons. The summed E-state index contributed by atoms with van der Waals surface area (Å²) in [5.41, 5.74) is 13.7. The lowest BCUT2D eigenvalue weighted by Gasteiger charge is -2.14. The highest BCUT2D eigenvalue weighted by Crippen LogP contribution is 2.38. The maximum Gasteiger partial charge on any atom is 0.164 e. The van der Waals surface area contributed by atoms with Gasteiger partial charge >= 0.3 is 0 Å². The molecule has 0 bridgehead atoms. The average molecular weight is 780 g/mol. The fraction of sp³-hybridized carbons (Fsp3) is 0. The summed E-state index contributed by atoms with van der Waals surface area (Å²) in [5, 5.41) is 2.42. The fourth-order valence-electron chi connectivity index (χ4n) is 8.24. The van der Waals surface area contributed by atoms with Crippen LogP contribution in [0.4, 0.5) is 0 Å². The molecule has 0 saturated carbocycles. The van der Waals surface area contributed by atoms with Crippen LogP contribution in [0.25, 0.3) is 106 Å². The Morgan fingerprint density at radius 2 is 0.787 bits per heavy atom. The monoisotopic (exact) mass is 779 g/mol. The SMILES string of the molecule is c1ccc(-c2nc(-c3ccccc3)nc(-c3cccc(-c4cc(-c5ccc(-c6nc7ccccc7n6-c6ccccc6)cc5)cc(-c5cccc6ccccc56)c4)c3)n2)cc1. The molecule has 11 aromatic rings. The lowest BCUT2D eigenvalue weighted by atomic mass is 9.90. The summed E-state index contributed by atoms with van der Waals surface area (Å²) in [6.07, 6.45) is 0. The van der Waals surface area contributed by atoms with Gasteiger partial charge < -0.3 is 0 Å². The van der Waals surface area contributed by atoms with Crippen LogP contribution in [-0.2, 0) is 0 Å². The molecule has 0 amide bonds. The Kier molecular flexibility index (Phi) is 9.10. The molecule has 2 heterocycles. The topological polar surface area (TPSA) is 56.5 Å². The van der Waals surface area contributed by atoms with Crippen LogP contribution in [0.15, 0.2) is 224 Å². The molecule has 0 saturated heterocycles. The summed E-state index contributed by atoms with van der Waals surface area (Å²) in [4.78, 5) is 20.1. The Morgan fingerprint density at radius 3 is 1.51 bits per heavy atom. The van der Waals surface area contributed by atoms with Crippen molar-refractivity contribution in [2.24, 2.45) is 0 Å². The molecule has 61 heavy (non-hydrogen) atoms. The number of aromatic nitrogens is 5. The van der Waals surface area contributed by atoms with Crippen molar-refractivity contribution in [1.29, 1.82) is 0 Å². The average Bonchev–Trinajstić information content (AvgIpc) is 3.74. The summed E-state index contributed by atoms with van der Waals surface area (Å²) in [6.45, 7) is 0. The van der Waals surface area contributed by atoms with E-state index in [0.29, 0.717) is 17.5 Å². The fourth-order valence-corrected chi connectivity index (χ4v) is 8.24. The standard InChI is InChI=1S/C56H37N5/c1-4-17-40(18-5-1)53-58-54(41-19-6-2-7-20-41)60-55(59-53)44-23-14-22-43(34-44)46-35-45(36-47(37-46)50-27-15-21-39-16-10-11-26-49(39)50)38-30-32-42(33-31-38)56-57-51-28-12-13-29-52(51)61(56)48-24-8-3-9-25-48/h1-37H. The van der Waals surface area contributed by atoms with Gasteiger partial charge in [-0.3, -0.25) is 4.57 Å². The molecule has 0 N–H and O–H groups in total. The van der Waals surface area contributed by atoms with E-state index in [4.69, 9.17) is 19.9 Å². The number of rotatable bonds is 8. The van der Waals surface area contributed by atoms with Gasteiger partial charge in [0, 0.05) is 27.9 Å². The molecule has 0 aliphatic carbocycles. The quantitative estimate of drug-likeness (QED) is 0.154. The van der Waals surface area contributed by atoms with E-state index in [1.165, 1.54) is 16.3 Å². The number of benzene rings is 9. The second kappa shape index (κ2) is 15.5. The van der Waals surface area contributed by atoms with E-state index >= 15 is 0 Å². The number of fused-ring (bicyclic) bond motifs is 2. The van der Waals surface area contributed by atoms with Crippen LogP contribution >= 0.6 is 0 Å². The highest BCUT2D eigenvalue weighted by Gasteiger charge is 2.17. The van der Waals surface area contributed by atoms with Gasteiger partial charge in [-0.2, -0.15) is 0 Å².